The molecule has 0 spiro atoms. The van der Waals surface area contributed by atoms with Crippen LogP contribution >= 0.6 is 0 Å². The third-order valence-corrected chi connectivity index (χ3v) is 4.24. The van der Waals surface area contributed by atoms with E-state index in [4.69, 9.17) is 4.74 Å². The Hall–Kier alpha value is -2.58. The summed E-state index contributed by atoms with van der Waals surface area (Å²) in [6, 6.07) is 31.0. The number of hydrogen-bond donors (Lipinski definition) is 0. The van der Waals surface area contributed by atoms with E-state index in [0.29, 0.717) is 0 Å². The minimum Gasteiger partial charge on any atom is -0.350 e. The summed E-state index contributed by atoms with van der Waals surface area (Å²) in [6.45, 7) is 0. The molecule has 0 saturated carbocycles. The molecular weight excluding hydrogens is 282 g/mol. The van der Waals surface area contributed by atoms with E-state index in [0.717, 1.165) is 16.8 Å². The fourth-order valence-corrected chi connectivity index (χ4v) is 3.09. The van der Waals surface area contributed by atoms with Crippen molar-refractivity contribution in [2.45, 2.75) is 5.72 Å². The predicted molar refractivity (Wildman–Crippen MR) is 95.5 cm³/mol. The minimum atomic E-state index is -0.677. The van der Waals surface area contributed by atoms with Crippen LogP contribution in [-0.2, 0) is 10.5 Å². The van der Waals surface area contributed by atoms with Gasteiger partial charge in [0.05, 0.1) is 0 Å². The monoisotopic (exact) mass is 303 g/mol. The van der Waals surface area contributed by atoms with Gasteiger partial charge in [-0.15, -0.1) is 0 Å². The highest BCUT2D eigenvalue weighted by Crippen LogP contribution is 2.38. The van der Waals surface area contributed by atoms with Crippen LogP contribution in [-0.4, -0.2) is 14.2 Å². The largest absolute Gasteiger partial charge is 0.350 e. The Morgan fingerprint density at radius 1 is 0.652 bits per heavy atom. The first-order valence-corrected chi connectivity index (χ1v) is 7.74. The summed E-state index contributed by atoms with van der Waals surface area (Å²) in [6.07, 6.45) is 0. The molecule has 2 heteroatoms. The number of anilines is 1. The molecule has 116 valence electrons. The van der Waals surface area contributed by atoms with Crippen molar-refractivity contribution in [3.05, 3.63) is 102 Å². The van der Waals surface area contributed by atoms with E-state index in [1.807, 2.05) is 54.6 Å². The van der Waals surface area contributed by atoms with Gasteiger partial charge >= 0.3 is 0 Å². The average Bonchev–Trinajstić information content (AvgIpc) is 2.65. The molecule has 0 atom stereocenters. The van der Waals surface area contributed by atoms with Crippen molar-refractivity contribution in [2.24, 2.45) is 0 Å². The Bertz CT molecular complexity index is 686. The van der Waals surface area contributed by atoms with Crippen molar-refractivity contribution in [3.8, 4) is 0 Å². The van der Waals surface area contributed by atoms with Gasteiger partial charge in [-0.1, -0.05) is 78.9 Å². The molecule has 3 aromatic rings. The number of rotatable bonds is 5. The smallest absolute Gasteiger partial charge is 0.193 e. The van der Waals surface area contributed by atoms with Crippen LogP contribution in [0.4, 0.5) is 5.69 Å². The van der Waals surface area contributed by atoms with E-state index in [-0.39, 0.29) is 0 Å². The SMILES string of the molecule is COC(c1ccccc1)(c1ccccc1)N(C)c1ccccc1. The average molecular weight is 303 g/mol. The molecule has 0 saturated heterocycles. The number of benzene rings is 3. The Balaban J connectivity index is 2.21. The Morgan fingerprint density at radius 3 is 1.43 bits per heavy atom. The van der Waals surface area contributed by atoms with Gasteiger partial charge in [-0.25, -0.2) is 0 Å². The quantitative estimate of drug-likeness (QED) is 0.635. The molecule has 2 nitrogen and oxygen atoms in total. The highest BCUT2D eigenvalue weighted by Gasteiger charge is 2.38. The Kier molecular flexibility index (Phi) is 4.45. The van der Waals surface area contributed by atoms with E-state index in [2.05, 4.69) is 48.3 Å². The summed E-state index contributed by atoms with van der Waals surface area (Å²) in [5.41, 5.74) is 2.62. The number of para-hydroxylation sites is 1. The zero-order chi connectivity index (χ0) is 16.1. The van der Waals surface area contributed by atoms with Gasteiger partial charge in [0.2, 0.25) is 0 Å². The van der Waals surface area contributed by atoms with Crippen LogP contribution < -0.4 is 4.90 Å². The summed E-state index contributed by atoms with van der Waals surface area (Å²) < 4.78 is 6.15. The summed E-state index contributed by atoms with van der Waals surface area (Å²) in [4.78, 5) is 2.18. The van der Waals surface area contributed by atoms with Crippen LogP contribution in [0.25, 0.3) is 0 Å². The molecule has 23 heavy (non-hydrogen) atoms. The van der Waals surface area contributed by atoms with E-state index in [9.17, 15) is 0 Å². The minimum absolute atomic E-state index is 0.677. The third kappa shape index (κ3) is 2.73. The number of nitrogens with zero attached hydrogens (tertiary/aromatic N) is 1. The molecule has 0 aliphatic heterocycles. The second-order valence-electron chi connectivity index (χ2n) is 5.47. The molecule has 0 fully saturated rings. The second-order valence-corrected chi connectivity index (χ2v) is 5.47. The van der Waals surface area contributed by atoms with E-state index >= 15 is 0 Å². The summed E-state index contributed by atoms with van der Waals surface area (Å²) in [5, 5.41) is 0. The van der Waals surface area contributed by atoms with E-state index in [1.54, 1.807) is 7.11 Å². The standard InChI is InChI=1S/C21H21NO/c1-22(20-16-10-5-11-17-20)21(23-2,18-12-6-3-7-13-18)19-14-8-4-9-15-19/h3-17H,1-2H3. The van der Waals surface area contributed by atoms with Gasteiger partial charge in [0.1, 0.15) is 0 Å². The lowest BCUT2D eigenvalue weighted by Gasteiger charge is -2.42. The fourth-order valence-electron chi connectivity index (χ4n) is 3.09. The molecule has 3 rings (SSSR count). The number of hydrogen-bond acceptors (Lipinski definition) is 2. The maximum absolute atomic E-state index is 6.15. The second kappa shape index (κ2) is 6.67. The molecule has 0 heterocycles. The van der Waals surface area contributed by atoms with Gasteiger partial charge in [0.25, 0.3) is 0 Å². The van der Waals surface area contributed by atoms with Crippen LogP contribution in [0, 0.1) is 0 Å². The topological polar surface area (TPSA) is 12.5 Å². The van der Waals surface area contributed by atoms with Gasteiger partial charge in [0, 0.05) is 31.0 Å². The molecule has 0 amide bonds. The van der Waals surface area contributed by atoms with Crippen LogP contribution in [0.3, 0.4) is 0 Å². The molecule has 0 aromatic heterocycles. The van der Waals surface area contributed by atoms with Gasteiger partial charge in [-0.05, 0) is 12.1 Å². The molecule has 0 N–H and O–H groups in total. The third-order valence-electron chi connectivity index (χ3n) is 4.24. The number of ether oxygens (including phenoxy) is 1. The molecule has 0 bridgehead atoms. The molecule has 0 aliphatic rings. The van der Waals surface area contributed by atoms with Crippen LogP contribution in [0.5, 0.6) is 0 Å². The fraction of sp³-hybridized carbons (Fsp3) is 0.143. The lowest BCUT2D eigenvalue weighted by molar-refractivity contribution is 0.0231. The van der Waals surface area contributed by atoms with E-state index in [1.165, 1.54) is 0 Å². The van der Waals surface area contributed by atoms with E-state index < -0.39 is 5.72 Å². The lowest BCUT2D eigenvalue weighted by atomic mass is 9.92. The summed E-state index contributed by atoms with van der Waals surface area (Å²) in [5.74, 6) is 0. The first-order chi connectivity index (χ1) is 11.3. The van der Waals surface area contributed by atoms with Gasteiger partial charge in [0.15, 0.2) is 5.72 Å². The molecule has 0 unspecified atom stereocenters. The Morgan fingerprint density at radius 2 is 1.04 bits per heavy atom. The van der Waals surface area contributed by atoms with Crippen LogP contribution in [0.1, 0.15) is 11.1 Å². The Labute approximate surface area is 138 Å². The lowest BCUT2D eigenvalue weighted by Crippen LogP contribution is -2.46. The first-order valence-electron chi connectivity index (χ1n) is 7.74. The maximum Gasteiger partial charge on any atom is 0.193 e. The van der Waals surface area contributed by atoms with Gasteiger partial charge in [-0.2, -0.15) is 0 Å². The van der Waals surface area contributed by atoms with Crippen molar-refractivity contribution < 1.29 is 4.74 Å². The van der Waals surface area contributed by atoms with Crippen molar-refractivity contribution in [3.63, 3.8) is 0 Å². The molecule has 3 aromatic carbocycles. The summed E-state index contributed by atoms with van der Waals surface area (Å²) >= 11 is 0. The number of methoxy groups -OCH3 is 1. The zero-order valence-electron chi connectivity index (χ0n) is 13.5. The van der Waals surface area contributed by atoms with Gasteiger partial charge in [-0.3, -0.25) is 0 Å². The summed E-state index contributed by atoms with van der Waals surface area (Å²) in [7, 11) is 3.83. The maximum atomic E-state index is 6.15. The highest BCUT2D eigenvalue weighted by molar-refractivity contribution is 5.54. The van der Waals surface area contributed by atoms with Crippen molar-refractivity contribution in [2.75, 3.05) is 19.1 Å². The molecular formula is C21H21NO. The molecule has 0 radical (unpaired) electrons. The van der Waals surface area contributed by atoms with Crippen molar-refractivity contribution >= 4 is 5.69 Å². The highest BCUT2D eigenvalue weighted by atomic mass is 16.5. The predicted octanol–water partition coefficient (Wildman–Crippen LogP) is 4.67. The van der Waals surface area contributed by atoms with Crippen molar-refractivity contribution in [1.29, 1.82) is 0 Å². The normalized spacial score (nSPS) is 11.2. The first kappa shape index (κ1) is 15.3. The molecule has 0 aliphatic carbocycles. The van der Waals surface area contributed by atoms with Crippen LogP contribution in [0.2, 0.25) is 0 Å². The van der Waals surface area contributed by atoms with Crippen LogP contribution in [0.15, 0.2) is 91.0 Å². The van der Waals surface area contributed by atoms with Gasteiger partial charge < -0.3 is 9.64 Å². The zero-order valence-corrected chi connectivity index (χ0v) is 13.5. The van der Waals surface area contributed by atoms with Crippen molar-refractivity contribution in [1.82, 2.24) is 0 Å².